The van der Waals surface area contributed by atoms with Crippen LogP contribution in [0.2, 0.25) is 0 Å². The number of H-pyrrole nitrogens is 1. The second-order valence-corrected chi connectivity index (χ2v) is 6.70. The summed E-state index contributed by atoms with van der Waals surface area (Å²) in [4.78, 5) is 12.3. The fourth-order valence-corrected chi connectivity index (χ4v) is 2.83. The van der Waals surface area contributed by atoms with Gasteiger partial charge < -0.3 is 15.7 Å². The molecule has 0 saturated carbocycles. The van der Waals surface area contributed by atoms with E-state index in [0.29, 0.717) is 0 Å². The van der Waals surface area contributed by atoms with E-state index in [0.717, 1.165) is 22.2 Å². The Bertz CT molecular complexity index is 1080. The molecule has 0 saturated heterocycles. The summed E-state index contributed by atoms with van der Waals surface area (Å²) in [7, 11) is 0. The molecule has 0 aliphatic rings. The molecule has 2 aromatic heterocycles. The van der Waals surface area contributed by atoms with Gasteiger partial charge in [-0.2, -0.15) is 20.1 Å². The van der Waals surface area contributed by atoms with E-state index in [1.54, 1.807) is 6.20 Å². The van der Waals surface area contributed by atoms with E-state index < -0.39 is 5.54 Å². The molecule has 8 nitrogen and oxygen atoms in total. The molecule has 0 radical (unpaired) electrons. The van der Waals surface area contributed by atoms with E-state index in [-0.39, 0.29) is 17.9 Å². The molecule has 0 fully saturated rings. The van der Waals surface area contributed by atoms with Crippen LogP contribution in [-0.2, 0) is 5.54 Å². The summed E-state index contributed by atoms with van der Waals surface area (Å²) in [6.45, 7) is 4.03. The zero-order valence-electron chi connectivity index (χ0n) is 14.9. The molecule has 0 aliphatic heterocycles. The molecule has 136 valence electrons. The molecule has 2 aromatic carbocycles. The van der Waals surface area contributed by atoms with Gasteiger partial charge in [-0.15, -0.1) is 0 Å². The summed E-state index contributed by atoms with van der Waals surface area (Å²) < 4.78 is 0. The van der Waals surface area contributed by atoms with Crippen LogP contribution in [0.15, 0.2) is 54.7 Å². The van der Waals surface area contributed by atoms with Crippen LogP contribution >= 0.6 is 0 Å². The Hall–Kier alpha value is -3.68. The van der Waals surface area contributed by atoms with Crippen molar-refractivity contribution in [2.75, 3.05) is 10.6 Å². The maximum atomic E-state index is 9.92. The molecule has 4 rings (SSSR count). The van der Waals surface area contributed by atoms with Crippen LogP contribution in [-0.4, -0.2) is 30.3 Å². The van der Waals surface area contributed by atoms with Crippen molar-refractivity contribution in [1.29, 1.82) is 0 Å². The molecule has 8 heteroatoms. The topological polar surface area (TPSA) is 112 Å². The molecule has 4 aromatic rings. The number of aromatic amines is 1. The molecular formula is C19H19N7O. The van der Waals surface area contributed by atoms with E-state index in [2.05, 4.69) is 35.8 Å². The lowest BCUT2D eigenvalue weighted by Gasteiger charge is -2.26. The van der Waals surface area contributed by atoms with Crippen molar-refractivity contribution in [3.05, 3.63) is 60.3 Å². The number of hydrogen-bond donors (Lipinski definition) is 4. The SMILES string of the molecule is CC(C)(Nc1nc(O)nc(Nc2ccc3[nH]ncc3c2)n1)c1ccccc1. The third-order valence-electron chi connectivity index (χ3n) is 4.24. The summed E-state index contributed by atoms with van der Waals surface area (Å²) in [5, 5.41) is 24.1. The Labute approximate surface area is 155 Å². The van der Waals surface area contributed by atoms with Gasteiger partial charge in [0.2, 0.25) is 11.9 Å². The van der Waals surface area contributed by atoms with Gasteiger partial charge in [-0.1, -0.05) is 30.3 Å². The van der Waals surface area contributed by atoms with Gasteiger partial charge >= 0.3 is 6.01 Å². The number of nitrogens with one attached hydrogen (secondary N) is 3. The van der Waals surface area contributed by atoms with Gasteiger partial charge in [0, 0.05) is 11.1 Å². The number of nitrogens with zero attached hydrogens (tertiary/aromatic N) is 4. The van der Waals surface area contributed by atoms with Crippen molar-refractivity contribution in [3.8, 4) is 6.01 Å². The average Bonchev–Trinajstić information content (AvgIpc) is 3.09. The smallest absolute Gasteiger partial charge is 0.320 e. The van der Waals surface area contributed by atoms with Crippen molar-refractivity contribution < 1.29 is 5.11 Å². The normalized spacial score (nSPS) is 11.5. The lowest BCUT2D eigenvalue weighted by atomic mass is 9.95. The zero-order chi connectivity index (χ0) is 18.9. The van der Waals surface area contributed by atoms with Gasteiger partial charge in [-0.25, -0.2) is 0 Å². The van der Waals surface area contributed by atoms with E-state index in [9.17, 15) is 5.11 Å². The van der Waals surface area contributed by atoms with Gasteiger partial charge in [-0.3, -0.25) is 5.10 Å². The van der Waals surface area contributed by atoms with Crippen LogP contribution in [0.25, 0.3) is 10.9 Å². The quantitative estimate of drug-likeness (QED) is 0.430. The summed E-state index contributed by atoms with van der Waals surface area (Å²) in [6, 6.07) is 15.3. The Morgan fingerprint density at radius 3 is 2.56 bits per heavy atom. The van der Waals surface area contributed by atoms with E-state index in [1.165, 1.54) is 0 Å². The highest BCUT2D eigenvalue weighted by molar-refractivity contribution is 5.82. The molecule has 0 amide bonds. The summed E-state index contributed by atoms with van der Waals surface area (Å²) in [5.74, 6) is 0.528. The number of anilines is 3. The molecule has 0 atom stereocenters. The van der Waals surface area contributed by atoms with Crippen LogP contribution in [0.1, 0.15) is 19.4 Å². The number of rotatable bonds is 5. The van der Waals surface area contributed by atoms with Gasteiger partial charge in [-0.05, 0) is 37.6 Å². The third kappa shape index (κ3) is 3.64. The van der Waals surface area contributed by atoms with Crippen LogP contribution < -0.4 is 10.6 Å². The molecule has 0 bridgehead atoms. The predicted molar refractivity (Wildman–Crippen MR) is 104 cm³/mol. The minimum absolute atomic E-state index is 0.247. The van der Waals surface area contributed by atoms with Crippen molar-refractivity contribution in [2.45, 2.75) is 19.4 Å². The van der Waals surface area contributed by atoms with Crippen LogP contribution in [0.5, 0.6) is 6.01 Å². The molecule has 0 unspecified atom stereocenters. The summed E-state index contributed by atoms with van der Waals surface area (Å²) in [5.41, 5.74) is 2.36. The van der Waals surface area contributed by atoms with Crippen LogP contribution in [0.3, 0.4) is 0 Å². The van der Waals surface area contributed by atoms with Gasteiger partial charge in [0.1, 0.15) is 0 Å². The number of aromatic nitrogens is 5. The number of hydrogen-bond acceptors (Lipinski definition) is 7. The second-order valence-electron chi connectivity index (χ2n) is 6.70. The van der Waals surface area contributed by atoms with Gasteiger partial charge in [0.15, 0.2) is 0 Å². The fourth-order valence-electron chi connectivity index (χ4n) is 2.83. The van der Waals surface area contributed by atoms with Crippen molar-refractivity contribution in [2.24, 2.45) is 0 Å². The summed E-state index contributed by atoms with van der Waals surface area (Å²) >= 11 is 0. The minimum Gasteiger partial charge on any atom is -0.479 e. The van der Waals surface area contributed by atoms with Crippen molar-refractivity contribution >= 4 is 28.5 Å². The fraction of sp³-hybridized carbons (Fsp3) is 0.158. The largest absolute Gasteiger partial charge is 0.479 e. The molecule has 0 spiro atoms. The van der Waals surface area contributed by atoms with E-state index in [4.69, 9.17) is 0 Å². The molecule has 27 heavy (non-hydrogen) atoms. The van der Waals surface area contributed by atoms with Crippen molar-refractivity contribution in [1.82, 2.24) is 25.1 Å². The molecule has 0 aliphatic carbocycles. The Balaban J connectivity index is 1.59. The lowest BCUT2D eigenvalue weighted by molar-refractivity contribution is 0.429. The first-order valence-corrected chi connectivity index (χ1v) is 8.48. The number of fused-ring (bicyclic) bond motifs is 1. The summed E-state index contributed by atoms with van der Waals surface area (Å²) in [6.07, 6.45) is 1.74. The highest BCUT2D eigenvalue weighted by Gasteiger charge is 2.22. The highest BCUT2D eigenvalue weighted by atomic mass is 16.3. The Morgan fingerprint density at radius 1 is 0.963 bits per heavy atom. The van der Waals surface area contributed by atoms with Crippen LogP contribution in [0.4, 0.5) is 17.6 Å². The molecule has 4 N–H and O–H groups in total. The maximum Gasteiger partial charge on any atom is 0.320 e. The average molecular weight is 361 g/mol. The minimum atomic E-state index is -0.429. The first-order valence-electron chi connectivity index (χ1n) is 8.48. The van der Waals surface area contributed by atoms with Crippen LogP contribution in [0, 0.1) is 0 Å². The van der Waals surface area contributed by atoms with E-state index >= 15 is 0 Å². The third-order valence-corrected chi connectivity index (χ3v) is 4.24. The Morgan fingerprint density at radius 2 is 1.74 bits per heavy atom. The number of aromatic hydroxyl groups is 1. The maximum absolute atomic E-state index is 9.92. The lowest BCUT2D eigenvalue weighted by Crippen LogP contribution is -2.29. The molecule has 2 heterocycles. The highest BCUT2D eigenvalue weighted by Crippen LogP contribution is 2.25. The Kier molecular flexibility index (Phi) is 4.08. The van der Waals surface area contributed by atoms with Gasteiger partial charge in [0.05, 0.1) is 17.3 Å². The van der Waals surface area contributed by atoms with E-state index in [1.807, 2.05) is 62.4 Å². The standard InChI is InChI=1S/C19H19N7O/c1-19(2,13-6-4-3-5-7-13)25-17-22-16(23-18(27)24-17)21-14-8-9-15-12(10-14)11-20-26-15/h3-11H,1-2H3,(H,20,26)(H3,21,22,23,24,25,27). The van der Waals surface area contributed by atoms with Gasteiger partial charge in [0.25, 0.3) is 0 Å². The first kappa shape index (κ1) is 16.8. The zero-order valence-corrected chi connectivity index (χ0v) is 14.9. The first-order chi connectivity index (χ1) is 13.0. The monoisotopic (exact) mass is 361 g/mol. The van der Waals surface area contributed by atoms with Crippen molar-refractivity contribution in [3.63, 3.8) is 0 Å². The predicted octanol–water partition coefficient (Wildman–Crippen LogP) is 3.54. The molecular weight excluding hydrogens is 342 g/mol. The number of benzene rings is 2. The second kappa shape index (κ2) is 6.56.